The van der Waals surface area contributed by atoms with Crippen LogP contribution < -0.4 is 9.64 Å². The Morgan fingerprint density at radius 1 is 1.17 bits per heavy atom. The van der Waals surface area contributed by atoms with E-state index in [1.54, 1.807) is 4.90 Å². The molecule has 3 rings (SSSR count). The number of urea groups is 1. The highest BCUT2D eigenvalue weighted by Gasteiger charge is 2.26. The van der Waals surface area contributed by atoms with E-state index in [0.717, 1.165) is 24.4 Å². The molecule has 2 amide bonds. The van der Waals surface area contributed by atoms with Gasteiger partial charge >= 0.3 is 6.03 Å². The van der Waals surface area contributed by atoms with E-state index in [-0.39, 0.29) is 6.03 Å². The molecule has 0 fully saturated rings. The molecule has 2 aromatic rings. The molecular weight excluding hydrogens is 288 g/mol. The van der Waals surface area contributed by atoms with E-state index in [0.29, 0.717) is 13.2 Å². The lowest BCUT2D eigenvalue weighted by Crippen LogP contribution is -2.42. The molecule has 1 aliphatic heterocycles. The highest BCUT2D eigenvalue weighted by molar-refractivity contribution is 5.94. The number of nitrogens with zero attached hydrogens (tertiary/aromatic N) is 2. The molecule has 0 bridgehead atoms. The fourth-order valence-electron chi connectivity index (χ4n) is 2.77. The van der Waals surface area contributed by atoms with Gasteiger partial charge in [-0.25, -0.2) is 4.79 Å². The highest BCUT2D eigenvalue weighted by atomic mass is 16.5. The number of carbonyl (C=O) groups is 1. The predicted molar refractivity (Wildman–Crippen MR) is 92.2 cm³/mol. The molecule has 1 heterocycles. The minimum absolute atomic E-state index is 0.0301. The van der Waals surface area contributed by atoms with Crippen LogP contribution >= 0.6 is 0 Å². The summed E-state index contributed by atoms with van der Waals surface area (Å²) in [6, 6.07) is 16.1. The lowest BCUT2D eigenvalue weighted by Gasteiger charge is -2.25. The summed E-state index contributed by atoms with van der Waals surface area (Å²) in [7, 11) is 1.82. The number of likely N-dealkylation sites (N-methyl/N-ethyl adjacent to an activating group) is 1. The first-order chi connectivity index (χ1) is 11.1. The van der Waals surface area contributed by atoms with Crippen molar-refractivity contribution in [3.8, 4) is 5.75 Å². The summed E-state index contributed by atoms with van der Waals surface area (Å²) in [6.07, 6.45) is 0.926. The molecule has 0 saturated heterocycles. The molecule has 0 aliphatic carbocycles. The number of aryl methyl sites for hydroxylation is 1. The quantitative estimate of drug-likeness (QED) is 0.866. The minimum atomic E-state index is 0.0301. The van der Waals surface area contributed by atoms with E-state index in [1.165, 1.54) is 11.1 Å². The zero-order chi connectivity index (χ0) is 16.2. The molecule has 0 atom stereocenters. The molecule has 0 radical (unpaired) electrons. The van der Waals surface area contributed by atoms with Gasteiger partial charge in [0, 0.05) is 19.3 Å². The molecule has 0 saturated carbocycles. The van der Waals surface area contributed by atoms with Crippen molar-refractivity contribution in [3.05, 3.63) is 59.7 Å². The van der Waals surface area contributed by atoms with Gasteiger partial charge in [0.05, 0.1) is 6.54 Å². The number of fused-ring (bicyclic) bond motifs is 1. The number of amides is 2. The average molecular weight is 310 g/mol. The van der Waals surface area contributed by atoms with Crippen molar-refractivity contribution in [2.45, 2.75) is 13.3 Å². The molecule has 1 aliphatic rings. The van der Waals surface area contributed by atoms with Crippen LogP contribution in [0, 0.1) is 6.92 Å². The van der Waals surface area contributed by atoms with Gasteiger partial charge in [-0.3, -0.25) is 4.90 Å². The van der Waals surface area contributed by atoms with Crippen LogP contribution in [0.2, 0.25) is 0 Å². The van der Waals surface area contributed by atoms with Crippen LogP contribution in [-0.2, 0) is 6.42 Å². The van der Waals surface area contributed by atoms with Gasteiger partial charge in [-0.2, -0.15) is 0 Å². The van der Waals surface area contributed by atoms with Crippen LogP contribution in [0.5, 0.6) is 5.75 Å². The van der Waals surface area contributed by atoms with Crippen LogP contribution in [0.3, 0.4) is 0 Å². The second-order valence-electron chi connectivity index (χ2n) is 5.90. The first-order valence-corrected chi connectivity index (χ1v) is 7.95. The largest absolute Gasteiger partial charge is 0.492 e. The van der Waals surface area contributed by atoms with Gasteiger partial charge in [-0.15, -0.1) is 0 Å². The summed E-state index contributed by atoms with van der Waals surface area (Å²) < 4.78 is 5.70. The lowest BCUT2D eigenvalue weighted by atomic mass is 10.2. The van der Waals surface area contributed by atoms with Gasteiger partial charge in [-0.1, -0.05) is 35.9 Å². The topological polar surface area (TPSA) is 32.8 Å². The summed E-state index contributed by atoms with van der Waals surface area (Å²) in [5.74, 6) is 0.836. The second-order valence-corrected chi connectivity index (χ2v) is 5.90. The van der Waals surface area contributed by atoms with Gasteiger partial charge in [0.25, 0.3) is 0 Å². The first kappa shape index (κ1) is 15.4. The maximum absolute atomic E-state index is 12.6. The number of hydrogen-bond acceptors (Lipinski definition) is 2. The summed E-state index contributed by atoms with van der Waals surface area (Å²) in [4.78, 5) is 16.2. The molecule has 4 heteroatoms. The molecule has 120 valence electrons. The van der Waals surface area contributed by atoms with Crippen LogP contribution in [0.25, 0.3) is 0 Å². The Bertz CT molecular complexity index is 682. The SMILES string of the molecule is Cc1ccc(OCCN(C)C(=O)N2CCc3ccccc32)cc1. The number of hydrogen-bond donors (Lipinski definition) is 0. The number of ether oxygens (including phenoxy) is 1. The van der Waals surface area contributed by atoms with Crippen molar-refractivity contribution in [2.24, 2.45) is 0 Å². The Hall–Kier alpha value is -2.49. The smallest absolute Gasteiger partial charge is 0.324 e. The van der Waals surface area contributed by atoms with Gasteiger partial charge < -0.3 is 9.64 Å². The summed E-state index contributed by atoms with van der Waals surface area (Å²) in [5.41, 5.74) is 3.48. The summed E-state index contributed by atoms with van der Waals surface area (Å²) in [5, 5.41) is 0. The number of benzene rings is 2. The van der Waals surface area contributed by atoms with Crippen molar-refractivity contribution in [1.29, 1.82) is 0 Å². The Morgan fingerprint density at radius 2 is 1.91 bits per heavy atom. The second kappa shape index (κ2) is 6.73. The van der Waals surface area contributed by atoms with Crippen LogP contribution in [0.1, 0.15) is 11.1 Å². The number of rotatable bonds is 4. The van der Waals surface area contributed by atoms with Gasteiger partial charge in [0.1, 0.15) is 12.4 Å². The summed E-state index contributed by atoms with van der Waals surface area (Å²) in [6.45, 7) is 3.84. The normalized spacial score (nSPS) is 12.9. The van der Waals surface area contributed by atoms with Crippen LogP contribution in [-0.4, -0.2) is 37.7 Å². The lowest BCUT2D eigenvalue weighted by molar-refractivity contribution is 0.202. The van der Waals surface area contributed by atoms with Crippen LogP contribution in [0.4, 0.5) is 10.5 Å². The van der Waals surface area contributed by atoms with Gasteiger partial charge in [-0.05, 0) is 37.1 Å². The molecule has 2 aromatic carbocycles. The van der Waals surface area contributed by atoms with E-state index in [4.69, 9.17) is 4.74 Å². The Morgan fingerprint density at radius 3 is 2.70 bits per heavy atom. The van der Waals surface area contributed by atoms with E-state index in [9.17, 15) is 4.79 Å². The number of para-hydroxylation sites is 1. The van der Waals surface area contributed by atoms with Crippen molar-refractivity contribution < 1.29 is 9.53 Å². The Labute approximate surface area is 137 Å². The monoisotopic (exact) mass is 310 g/mol. The van der Waals surface area contributed by atoms with Crippen LogP contribution in [0.15, 0.2) is 48.5 Å². The highest BCUT2D eigenvalue weighted by Crippen LogP contribution is 2.28. The van der Waals surface area contributed by atoms with E-state index >= 15 is 0 Å². The third kappa shape index (κ3) is 3.47. The standard InChI is InChI=1S/C19H22N2O2/c1-15-7-9-17(10-8-15)23-14-13-20(2)19(22)21-12-11-16-5-3-4-6-18(16)21/h3-10H,11-14H2,1-2H3. The number of carbonyl (C=O) groups excluding carboxylic acids is 1. The fraction of sp³-hybridized carbons (Fsp3) is 0.316. The Kier molecular flexibility index (Phi) is 4.51. The number of anilines is 1. The molecule has 23 heavy (non-hydrogen) atoms. The molecule has 4 nitrogen and oxygen atoms in total. The maximum Gasteiger partial charge on any atom is 0.324 e. The van der Waals surface area contributed by atoms with Crippen molar-refractivity contribution in [1.82, 2.24) is 4.90 Å². The van der Waals surface area contributed by atoms with Gasteiger partial charge in [0.2, 0.25) is 0 Å². The van der Waals surface area contributed by atoms with E-state index in [1.807, 2.05) is 61.3 Å². The third-order valence-corrected chi connectivity index (χ3v) is 4.16. The molecular formula is C19H22N2O2. The summed E-state index contributed by atoms with van der Waals surface area (Å²) >= 11 is 0. The zero-order valence-corrected chi connectivity index (χ0v) is 13.7. The van der Waals surface area contributed by atoms with Crippen molar-refractivity contribution in [2.75, 3.05) is 31.6 Å². The third-order valence-electron chi connectivity index (χ3n) is 4.16. The van der Waals surface area contributed by atoms with Gasteiger partial charge in [0.15, 0.2) is 0 Å². The zero-order valence-electron chi connectivity index (χ0n) is 13.7. The average Bonchev–Trinajstić information content (AvgIpc) is 3.00. The first-order valence-electron chi connectivity index (χ1n) is 7.95. The molecule has 0 unspecified atom stereocenters. The molecule has 0 N–H and O–H groups in total. The van der Waals surface area contributed by atoms with Crippen molar-refractivity contribution >= 4 is 11.7 Å². The van der Waals surface area contributed by atoms with Crippen molar-refractivity contribution in [3.63, 3.8) is 0 Å². The fourth-order valence-corrected chi connectivity index (χ4v) is 2.77. The minimum Gasteiger partial charge on any atom is -0.492 e. The Balaban J connectivity index is 1.53. The molecule has 0 aromatic heterocycles. The van der Waals surface area contributed by atoms with E-state index in [2.05, 4.69) is 6.07 Å². The predicted octanol–water partition coefficient (Wildman–Crippen LogP) is 3.49. The molecule has 0 spiro atoms. The van der Waals surface area contributed by atoms with E-state index < -0.39 is 0 Å². The maximum atomic E-state index is 12.6.